The molecule has 7 heteroatoms. The van der Waals surface area contributed by atoms with Crippen molar-refractivity contribution < 1.29 is 13.9 Å². The molecule has 0 radical (unpaired) electrons. The molecule has 0 aliphatic rings. The van der Waals surface area contributed by atoms with E-state index in [9.17, 15) is 9.18 Å². The van der Waals surface area contributed by atoms with E-state index in [2.05, 4.69) is 10.3 Å². The summed E-state index contributed by atoms with van der Waals surface area (Å²) in [4.78, 5) is 17.4. The minimum atomic E-state index is -0.702. The number of hydrogen-bond donors (Lipinski definition) is 2. The van der Waals surface area contributed by atoms with Crippen molar-refractivity contribution in [1.29, 1.82) is 0 Å². The molecule has 1 heterocycles. The van der Waals surface area contributed by atoms with Crippen LogP contribution in [0.3, 0.4) is 0 Å². The Bertz CT molecular complexity index is 672. The molecular formula is C16H20FN3O2S. The molecule has 2 aromatic rings. The molecule has 124 valence electrons. The molecule has 0 aliphatic carbocycles. The Hall–Kier alpha value is -1.83. The fourth-order valence-electron chi connectivity index (χ4n) is 2.17. The average Bonchev–Trinajstić information content (AvgIpc) is 2.90. The highest BCUT2D eigenvalue weighted by Crippen LogP contribution is 2.31. The first-order valence-electron chi connectivity index (χ1n) is 7.20. The zero-order valence-corrected chi connectivity index (χ0v) is 14.1. The number of amides is 1. The van der Waals surface area contributed by atoms with Gasteiger partial charge < -0.3 is 15.8 Å². The van der Waals surface area contributed by atoms with Crippen LogP contribution in [0, 0.1) is 12.7 Å². The van der Waals surface area contributed by atoms with E-state index in [0.717, 1.165) is 21.1 Å². The lowest BCUT2D eigenvalue weighted by molar-refractivity contribution is -0.124. The van der Waals surface area contributed by atoms with Gasteiger partial charge in [0.25, 0.3) is 0 Å². The van der Waals surface area contributed by atoms with Crippen LogP contribution in [-0.4, -0.2) is 30.6 Å². The van der Waals surface area contributed by atoms with Gasteiger partial charge in [-0.3, -0.25) is 4.79 Å². The van der Waals surface area contributed by atoms with E-state index in [0.29, 0.717) is 0 Å². The standard InChI is InChI=1S/C16H20FN3O2S/c1-9(19-15(21)13(18)8-22-3)14-10(2)20-16(23-14)11-4-6-12(17)7-5-11/h4-7,9,13H,8,18H2,1-3H3,(H,19,21). The van der Waals surface area contributed by atoms with Gasteiger partial charge in [-0.25, -0.2) is 9.37 Å². The van der Waals surface area contributed by atoms with Crippen LogP contribution in [0.25, 0.3) is 10.6 Å². The van der Waals surface area contributed by atoms with Crippen LogP contribution in [0.4, 0.5) is 4.39 Å². The first kappa shape index (κ1) is 17.5. The molecule has 0 saturated heterocycles. The lowest BCUT2D eigenvalue weighted by Gasteiger charge is -2.16. The van der Waals surface area contributed by atoms with E-state index in [4.69, 9.17) is 10.5 Å². The monoisotopic (exact) mass is 337 g/mol. The third-order valence-electron chi connectivity index (χ3n) is 3.36. The molecule has 1 aromatic carbocycles. The number of halogens is 1. The lowest BCUT2D eigenvalue weighted by atomic mass is 10.2. The Balaban J connectivity index is 2.14. The van der Waals surface area contributed by atoms with Gasteiger partial charge in [-0.2, -0.15) is 0 Å². The van der Waals surface area contributed by atoms with Gasteiger partial charge in [-0.15, -0.1) is 11.3 Å². The molecule has 5 nitrogen and oxygen atoms in total. The smallest absolute Gasteiger partial charge is 0.239 e. The number of carbonyl (C=O) groups is 1. The molecule has 3 N–H and O–H groups in total. The maximum absolute atomic E-state index is 13.0. The van der Waals surface area contributed by atoms with Crippen molar-refractivity contribution in [2.45, 2.75) is 25.9 Å². The third kappa shape index (κ3) is 4.34. The molecule has 23 heavy (non-hydrogen) atoms. The summed E-state index contributed by atoms with van der Waals surface area (Å²) in [5.74, 6) is -0.550. The number of nitrogens with two attached hydrogens (primary N) is 1. The second-order valence-electron chi connectivity index (χ2n) is 5.27. The molecule has 1 amide bonds. The van der Waals surface area contributed by atoms with Gasteiger partial charge in [0, 0.05) is 12.7 Å². The Morgan fingerprint density at radius 2 is 2.09 bits per heavy atom. The van der Waals surface area contributed by atoms with Gasteiger partial charge >= 0.3 is 0 Å². The maximum Gasteiger partial charge on any atom is 0.239 e. The zero-order chi connectivity index (χ0) is 17.0. The number of ether oxygens (including phenoxy) is 1. The van der Waals surface area contributed by atoms with Crippen LogP contribution in [0.5, 0.6) is 0 Å². The number of carbonyl (C=O) groups excluding carboxylic acids is 1. The van der Waals surface area contributed by atoms with E-state index >= 15 is 0 Å². The molecule has 2 atom stereocenters. The summed E-state index contributed by atoms with van der Waals surface area (Å²) in [5, 5.41) is 3.65. The van der Waals surface area contributed by atoms with Crippen LogP contribution in [0.15, 0.2) is 24.3 Å². The summed E-state index contributed by atoms with van der Waals surface area (Å²) < 4.78 is 17.9. The molecular weight excluding hydrogens is 317 g/mol. The predicted molar refractivity (Wildman–Crippen MR) is 88.7 cm³/mol. The Morgan fingerprint density at radius 1 is 1.43 bits per heavy atom. The highest BCUT2D eigenvalue weighted by atomic mass is 32.1. The highest BCUT2D eigenvalue weighted by Gasteiger charge is 2.20. The molecule has 2 unspecified atom stereocenters. The molecule has 0 spiro atoms. The van der Waals surface area contributed by atoms with E-state index in [-0.39, 0.29) is 24.4 Å². The van der Waals surface area contributed by atoms with Gasteiger partial charge in [0.15, 0.2) is 0 Å². The summed E-state index contributed by atoms with van der Waals surface area (Å²) in [6.45, 7) is 3.93. The molecule has 0 aliphatic heterocycles. The lowest BCUT2D eigenvalue weighted by Crippen LogP contribution is -2.44. The minimum Gasteiger partial charge on any atom is -0.383 e. The van der Waals surface area contributed by atoms with Crippen LogP contribution < -0.4 is 11.1 Å². The quantitative estimate of drug-likeness (QED) is 0.848. The van der Waals surface area contributed by atoms with E-state index in [1.54, 1.807) is 12.1 Å². The normalized spacial score (nSPS) is 13.6. The maximum atomic E-state index is 13.0. The fraction of sp³-hybridized carbons (Fsp3) is 0.375. The summed E-state index contributed by atoms with van der Waals surface area (Å²) in [6, 6.07) is 5.27. The minimum absolute atomic E-state index is 0.168. The van der Waals surface area contributed by atoms with E-state index in [1.165, 1.54) is 30.6 Å². The van der Waals surface area contributed by atoms with Gasteiger partial charge in [-0.1, -0.05) is 0 Å². The summed E-state index contributed by atoms with van der Waals surface area (Å²) in [6.07, 6.45) is 0. The molecule has 1 aromatic heterocycles. The van der Waals surface area contributed by atoms with Crippen LogP contribution >= 0.6 is 11.3 Å². The number of hydrogen-bond acceptors (Lipinski definition) is 5. The highest BCUT2D eigenvalue weighted by molar-refractivity contribution is 7.15. The predicted octanol–water partition coefficient (Wildman–Crippen LogP) is 2.41. The SMILES string of the molecule is COCC(N)C(=O)NC(C)c1sc(-c2ccc(F)cc2)nc1C. The number of benzene rings is 1. The molecule has 0 saturated carbocycles. The largest absolute Gasteiger partial charge is 0.383 e. The Morgan fingerprint density at radius 3 is 2.70 bits per heavy atom. The number of nitrogens with zero attached hydrogens (tertiary/aromatic N) is 1. The second kappa shape index (κ2) is 7.63. The van der Waals surface area contributed by atoms with Gasteiger partial charge in [0.05, 0.1) is 23.2 Å². The van der Waals surface area contributed by atoms with Crippen molar-refractivity contribution in [3.63, 3.8) is 0 Å². The third-order valence-corrected chi connectivity index (χ3v) is 4.75. The first-order valence-corrected chi connectivity index (χ1v) is 8.02. The zero-order valence-electron chi connectivity index (χ0n) is 13.3. The van der Waals surface area contributed by atoms with Crippen LogP contribution in [0.2, 0.25) is 0 Å². The average molecular weight is 337 g/mol. The van der Waals surface area contributed by atoms with Crippen molar-refractivity contribution in [1.82, 2.24) is 10.3 Å². The number of thiazole rings is 1. The topological polar surface area (TPSA) is 77.2 Å². The van der Waals surface area contributed by atoms with Gasteiger partial charge in [0.2, 0.25) is 5.91 Å². The number of methoxy groups -OCH3 is 1. The number of nitrogens with one attached hydrogen (secondary N) is 1. The second-order valence-corrected chi connectivity index (χ2v) is 6.30. The van der Waals surface area contributed by atoms with Crippen molar-refractivity contribution in [2.75, 3.05) is 13.7 Å². The Labute approximate surface area is 138 Å². The molecule has 0 bridgehead atoms. The van der Waals surface area contributed by atoms with Crippen molar-refractivity contribution in [2.24, 2.45) is 5.73 Å². The number of aryl methyl sites for hydroxylation is 1. The summed E-state index contributed by atoms with van der Waals surface area (Å²) in [5.41, 5.74) is 7.40. The summed E-state index contributed by atoms with van der Waals surface area (Å²) >= 11 is 1.47. The van der Waals surface area contributed by atoms with Gasteiger partial charge in [0.1, 0.15) is 16.9 Å². The van der Waals surface area contributed by atoms with Crippen molar-refractivity contribution in [3.05, 3.63) is 40.7 Å². The van der Waals surface area contributed by atoms with Crippen molar-refractivity contribution in [3.8, 4) is 10.6 Å². The summed E-state index contributed by atoms with van der Waals surface area (Å²) in [7, 11) is 1.50. The van der Waals surface area contributed by atoms with E-state index in [1.807, 2.05) is 13.8 Å². The molecule has 2 rings (SSSR count). The van der Waals surface area contributed by atoms with Crippen LogP contribution in [-0.2, 0) is 9.53 Å². The fourth-order valence-corrected chi connectivity index (χ4v) is 3.24. The number of rotatable bonds is 6. The van der Waals surface area contributed by atoms with Crippen molar-refractivity contribution >= 4 is 17.2 Å². The first-order chi connectivity index (χ1) is 10.9. The Kier molecular flexibility index (Phi) is 5.81. The van der Waals surface area contributed by atoms with Crippen LogP contribution in [0.1, 0.15) is 23.5 Å². The van der Waals surface area contributed by atoms with Gasteiger partial charge in [-0.05, 0) is 38.1 Å². The van der Waals surface area contributed by atoms with E-state index < -0.39 is 6.04 Å². The number of aromatic nitrogens is 1. The molecule has 0 fully saturated rings.